The van der Waals surface area contributed by atoms with Crippen molar-refractivity contribution in [1.82, 2.24) is 0 Å². The lowest BCUT2D eigenvalue weighted by Gasteiger charge is -2.22. The smallest absolute Gasteiger partial charge is 0.353 e. The average molecular weight is 160 g/mol. The first-order valence-electron chi connectivity index (χ1n) is 3.48. The van der Waals surface area contributed by atoms with E-state index in [4.69, 9.17) is 21.7 Å². The Morgan fingerprint density at radius 3 is 2.50 bits per heavy atom. The zero-order valence-electron chi connectivity index (χ0n) is 6.51. The summed E-state index contributed by atoms with van der Waals surface area (Å²) in [6.07, 6.45) is 1.01. The first-order chi connectivity index (χ1) is 4.58. The van der Waals surface area contributed by atoms with E-state index in [1.165, 1.54) is 0 Å². The van der Waals surface area contributed by atoms with Crippen LogP contribution in [0.2, 0.25) is 0 Å². The fraction of sp³-hybridized carbons (Fsp3) is 0.857. The highest BCUT2D eigenvalue weighted by molar-refractivity contribution is 7.79. The molecule has 1 fully saturated rings. The number of rotatable bonds is 1. The van der Waals surface area contributed by atoms with E-state index >= 15 is 0 Å². The Bertz CT molecular complexity index is 158. The quantitative estimate of drug-likeness (QED) is 0.546. The summed E-state index contributed by atoms with van der Waals surface area (Å²) in [6, 6.07) is 0. The lowest BCUT2D eigenvalue weighted by molar-refractivity contribution is 0.0597. The Labute approximate surface area is 66.5 Å². The molecule has 0 amide bonds. The molecule has 0 N–H and O–H groups in total. The van der Waals surface area contributed by atoms with Gasteiger partial charge in [-0.15, -0.1) is 0 Å². The van der Waals surface area contributed by atoms with Gasteiger partial charge >= 0.3 is 5.24 Å². The van der Waals surface area contributed by atoms with E-state index < -0.39 is 0 Å². The van der Waals surface area contributed by atoms with Crippen molar-refractivity contribution in [3.63, 3.8) is 0 Å². The summed E-state index contributed by atoms with van der Waals surface area (Å²) in [5.41, 5.74) is -0.197. The third-order valence-corrected chi connectivity index (χ3v) is 2.33. The fourth-order valence-corrected chi connectivity index (χ4v) is 1.26. The third-order valence-electron chi connectivity index (χ3n) is 2.15. The van der Waals surface area contributed by atoms with E-state index in [0.717, 1.165) is 6.42 Å². The molecule has 0 aliphatic carbocycles. The first-order valence-corrected chi connectivity index (χ1v) is 3.89. The minimum Gasteiger partial charge on any atom is -0.450 e. The SMILES string of the molecule is CCC1(C)OC(=S)OC1C. The Hall–Kier alpha value is -0.310. The zero-order valence-corrected chi connectivity index (χ0v) is 7.33. The van der Waals surface area contributed by atoms with Gasteiger partial charge in [-0.2, -0.15) is 0 Å². The molecule has 58 valence electrons. The fourth-order valence-electron chi connectivity index (χ4n) is 0.926. The second-order valence-electron chi connectivity index (χ2n) is 2.78. The molecule has 0 saturated carbocycles. The maximum absolute atomic E-state index is 5.32. The predicted octanol–water partition coefficient (Wildman–Crippen LogP) is 1.88. The van der Waals surface area contributed by atoms with Gasteiger partial charge in [-0.05, 0) is 20.3 Å². The van der Waals surface area contributed by atoms with E-state index in [0.29, 0.717) is 0 Å². The van der Waals surface area contributed by atoms with Gasteiger partial charge in [0.05, 0.1) is 0 Å². The highest BCUT2D eigenvalue weighted by atomic mass is 32.1. The van der Waals surface area contributed by atoms with Gasteiger partial charge < -0.3 is 9.47 Å². The van der Waals surface area contributed by atoms with Crippen LogP contribution < -0.4 is 0 Å². The molecule has 2 nitrogen and oxygen atoms in total. The molecular weight excluding hydrogens is 148 g/mol. The molecule has 0 radical (unpaired) electrons. The molecule has 1 heterocycles. The largest absolute Gasteiger partial charge is 0.450 e. The van der Waals surface area contributed by atoms with E-state index in [-0.39, 0.29) is 16.9 Å². The third kappa shape index (κ3) is 1.10. The number of ether oxygens (including phenoxy) is 2. The van der Waals surface area contributed by atoms with Crippen LogP contribution in [0.3, 0.4) is 0 Å². The van der Waals surface area contributed by atoms with Gasteiger partial charge in [-0.1, -0.05) is 6.92 Å². The van der Waals surface area contributed by atoms with Gasteiger partial charge in [0.15, 0.2) is 0 Å². The van der Waals surface area contributed by atoms with E-state index in [9.17, 15) is 0 Å². The van der Waals surface area contributed by atoms with Crippen LogP contribution in [-0.2, 0) is 9.47 Å². The lowest BCUT2D eigenvalue weighted by Crippen LogP contribution is -2.33. The normalized spacial score (nSPS) is 39.1. The Kier molecular flexibility index (Phi) is 1.86. The van der Waals surface area contributed by atoms with E-state index in [1.807, 2.05) is 13.8 Å². The summed E-state index contributed by atoms with van der Waals surface area (Å²) in [5.74, 6) is 0. The first kappa shape index (κ1) is 7.79. The van der Waals surface area contributed by atoms with Crippen molar-refractivity contribution in [2.24, 2.45) is 0 Å². The molecule has 1 aliphatic rings. The maximum atomic E-state index is 5.32. The molecule has 0 aromatic rings. The molecule has 1 rings (SSSR count). The van der Waals surface area contributed by atoms with Crippen molar-refractivity contribution in [1.29, 1.82) is 0 Å². The summed E-state index contributed by atoms with van der Waals surface area (Å²) in [6.45, 7) is 6.05. The molecule has 0 aromatic carbocycles. The van der Waals surface area contributed by atoms with Crippen LogP contribution in [0, 0.1) is 0 Å². The van der Waals surface area contributed by atoms with Crippen molar-refractivity contribution < 1.29 is 9.47 Å². The van der Waals surface area contributed by atoms with Crippen LogP contribution in [0.15, 0.2) is 0 Å². The maximum Gasteiger partial charge on any atom is 0.353 e. The Morgan fingerprint density at radius 1 is 1.70 bits per heavy atom. The van der Waals surface area contributed by atoms with Gasteiger partial charge in [-0.25, -0.2) is 0 Å². The van der Waals surface area contributed by atoms with Crippen LogP contribution in [0.1, 0.15) is 27.2 Å². The average Bonchev–Trinajstić information content (AvgIpc) is 2.09. The molecule has 2 unspecified atom stereocenters. The van der Waals surface area contributed by atoms with Crippen molar-refractivity contribution in [2.45, 2.75) is 38.9 Å². The van der Waals surface area contributed by atoms with Crippen molar-refractivity contribution in [3.8, 4) is 0 Å². The minimum atomic E-state index is -0.197. The lowest BCUT2D eigenvalue weighted by atomic mass is 9.98. The van der Waals surface area contributed by atoms with Gasteiger partial charge in [0.1, 0.15) is 11.7 Å². The second-order valence-corrected chi connectivity index (χ2v) is 3.11. The number of thiocarbonyl (C=S) groups is 1. The molecule has 2 atom stereocenters. The molecule has 0 spiro atoms. The second kappa shape index (κ2) is 2.38. The predicted molar refractivity (Wildman–Crippen MR) is 42.9 cm³/mol. The summed E-state index contributed by atoms with van der Waals surface area (Å²) < 4.78 is 10.5. The van der Waals surface area contributed by atoms with E-state index in [1.54, 1.807) is 0 Å². The zero-order chi connectivity index (χ0) is 7.78. The Morgan fingerprint density at radius 2 is 2.30 bits per heavy atom. The standard InChI is InChI=1S/C7H12O2S/c1-4-7(3)5(2)8-6(10)9-7/h5H,4H2,1-3H3. The molecule has 0 aromatic heterocycles. The van der Waals surface area contributed by atoms with Gasteiger partial charge in [-0.3, -0.25) is 0 Å². The van der Waals surface area contributed by atoms with Crippen LogP contribution in [0.4, 0.5) is 0 Å². The molecule has 1 aliphatic heterocycles. The highest BCUT2D eigenvalue weighted by Crippen LogP contribution is 2.29. The topological polar surface area (TPSA) is 18.5 Å². The minimum absolute atomic E-state index is 0.0880. The summed E-state index contributed by atoms with van der Waals surface area (Å²) in [4.78, 5) is 0. The molecule has 1 saturated heterocycles. The highest BCUT2D eigenvalue weighted by Gasteiger charge is 2.41. The van der Waals surface area contributed by atoms with Crippen molar-refractivity contribution in [3.05, 3.63) is 0 Å². The number of hydrogen-bond acceptors (Lipinski definition) is 3. The summed E-state index contributed by atoms with van der Waals surface area (Å²) in [5, 5.41) is 0.289. The van der Waals surface area contributed by atoms with Crippen molar-refractivity contribution >= 4 is 17.5 Å². The van der Waals surface area contributed by atoms with Crippen LogP contribution >= 0.6 is 12.2 Å². The van der Waals surface area contributed by atoms with Crippen LogP contribution in [-0.4, -0.2) is 16.9 Å². The van der Waals surface area contributed by atoms with Gasteiger partial charge in [0, 0.05) is 12.2 Å². The Balaban J connectivity index is 2.70. The number of hydrogen-bond donors (Lipinski definition) is 0. The van der Waals surface area contributed by atoms with Crippen molar-refractivity contribution in [2.75, 3.05) is 0 Å². The molecule has 0 bridgehead atoms. The monoisotopic (exact) mass is 160 g/mol. The van der Waals surface area contributed by atoms with Gasteiger partial charge in [0.25, 0.3) is 0 Å². The molecule has 10 heavy (non-hydrogen) atoms. The van der Waals surface area contributed by atoms with Crippen LogP contribution in [0.25, 0.3) is 0 Å². The van der Waals surface area contributed by atoms with E-state index in [2.05, 4.69) is 6.92 Å². The summed E-state index contributed by atoms with van der Waals surface area (Å²) >= 11 is 4.77. The van der Waals surface area contributed by atoms with Crippen LogP contribution in [0.5, 0.6) is 0 Å². The summed E-state index contributed by atoms with van der Waals surface area (Å²) in [7, 11) is 0. The van der Waals surface area contributed by atoms with Gasteiger partial charge in [0.2, 0.25) is 0 Å². The molecular formula is C7H12O2S. The molecule has 3 heteroatoms.